The molecule has 102 valence electrons. The zero-order chi connectivity index (χ0) is 13.7. The van der Waals surface area contributed by atoms with Crippen molar-refractivity contribution in [1.82, 2.24) is 29.7 Å². The lowest BCUT2D eigenvalue weighted by Gasteiger charge is -2.09. The molecule has 0 radical (unpaired) electrons. The highest BCUT2D eigenvalue weighted by Gasteiger charge is 2.07. The van der Waals surface area contributed by atoms with Crippen molar-refractivity contribution >= 4 is 29.3 Å². The SMILES string of the molecule is CSC(C)CCNc1nc(Cl)nc(-n2cncn2)n1. The molecule has 1 atom stereocenters. The van der Waals surface area contributed by atoms with Gasteiger partial charge < -0.3 is 5.32 Å². The van der Waals surface area contributed by atoms with Crippen LogP contribution in [0.5, 0.6) is 0 Å². The summed E-state index contributed by atoms with van der Waals surface area (Å²) < 4.78 is 1.43. The van der Waals surface area contributed by atoms with Crippen LogP contribution in [0.3, 0.4) is 0 Å². The van der Waals surface area contributed by atoms with E-state index in [1.807, 2.05) is 11.8 Å². The molecule has 19 heavy (non-hydrogen) atoms. The lowest BCUT2D eigenvalue weighted by molar-refractivity contribution is 0.787. The van der Waals surface area contributed by atoms with E-state index in [2.05, 4.69) is 43.5 Å². The third-order valence-corrected chi connectivity index (χ3v) is 3.67. The van der Waals surface area contributed by atoms with Gasteiger partial charge in [-0.1, -0.05) is 6.92 Å². The van der Waals surface area contributed by atoms with E-state index < -0.39 is 0 Å². The van der Waals surface area contributed by atoms with Crippen molar-refractivity contribution in [3.63, 3.8) is 0 Å². The number of hydrogen-bond donors (Lipinski definition) is 1. The predicted molar refractivity (Wildman–Crippen MR) is 75.8 cm³/mol. The van der Waals surface area contributed by atoms with Gasteiger partial charge >= 0.3 is 0 Å². The maximum Gasteiger partial charge on any atom is 0.258 e. The fourth-order valence-corrected chi connectivity index (χ4v) is 1.85. The van der Waals surface area contributed by atoms with Gasteiger partial charge in [0.15, 0.2) is 0 Å². The second-order valence-corrected chi connectivity index (χ2v) is 5.44. The molecule has 9 heteroatoms. The van der Waals surface area contributed by atoms with Gasteiger partial charge in [-0.15, -0.1) is 0 Å². The summed E-state index contributed by atoms with van der Waals surface area (Å²) in [6, 6.07) is 0. The molecule has 0 amide bonds. The van der Waals surface area contributed by atoms with Crippen LogP contribution in [-0.4, -0.2) is 47.8 Å². The van der Waals surface area contributed by atoms with E-state index in [4.69, 9.17) is 11.6 Å². The number of aromatic nitrogens is 6. The normalized spacial score (nSPS) is 12.4. The summed E-state index contributed by atoms with van der Waals surface area (Å²) in [5, 5.41) is 7.79. The molecule has 0 aliphatic carbocycles. The third kappa shape index (κ3) is 4.03. The lowest BCUT2D eigenvalue weighted by Crippen LogP contribution is -2.12. The lowest BCUT2D eigenvalue weighted by atomic mass is 10.3. The second kappa shape index (κ2) is 6.67. The molecule has 1 unspecified atom stereocenters. The number of rotatable bonds is 6. The molecule has 0 aliphatic rings. The Hall–Kier alpha value is -1.41. The van der Waals surface area contributed by atoms with E-state index in [-0.39, 0.29) is 5.28 Å². The van der Waals surface area contributed by atoms with Crippen molar-refractivity contribution in [2.45, 2.75) is 18.6 Å². The molecule has 7 nitrogen and oxygen atoms in total. The summed E-state index contributed by atoms with van der Waals surface area (Å²) in [7, 11) is 0. The molecule has 0 aromatic carbocycles. The quantitative estimate of drug-likeness (QED) is 0.868. The molecule has 2 heterocycles. The number of hydrogen-bond acceptors (Lipinski definition) is 7. The number of thioether (sulfide) groups is 1. The number of nitrogens with zero attached hydrogens (tertiary/aromatic N) is 6. The molecule has 0 saturated carbocycles. The molecular weight excluding hydrogens is 286 g/mol. The largest absolute Gasteiger partial charge is 0.354 e. The predicted octanol–water partition coefficient (Wildman–Crippen LogP) is 1.66. The topological polar surface area (TPSA) is 81.4 Å². The van der Waals surface area contributed by atoms with Gasteiger partial charge in [-0.2, -0.15) is 36.5 Å². The van der Waals surface area contributed by atoms with Gasteiger partial charge in [0, 0.05) is 11.8 Å². The first kappa shape index (κ1) is 14.0. The summed E-state index contributed by atoms with van der Waals surface area (Å²) in [5.41, 5.74) is 0. The fourth-order valence-electron chi connectivity index (χ4n) is 1.34. The van der Waals surface area contributed by atoms with E-state index in [9.17, 15) is 0 Å². The minimum absolute atomic E-state index is 0.126. The molecule has 2 aromatic rings. The zero-order valence-electron chi connectivity index (χ0n) is 10.6. The molecule has 0 aliphatic heterocycles. The summed E-state index contributed by atoms with van der Waals surface area (Å²) in [6.07, 6.45) is 6.02. The highest BCUT2D eigenvalue weighted by Crippen LogP contribution is 2.11. The number of anilines is 1. The van der Waals surface area contributed by atoms with Crippen LogP contribution in [0.25, 0.3) is 5.95 Å². The summed E-state index contributed by atoms with van der Waals surface area (Å²) >= 11 is 7.69. The first-order valence-corrected chi connectivity index (χ1v) is 7.39. The fraction of sp³-hybridized carbons (Fsp3) is 0.500. The molecule has 0 saturated heterocycles. The molecule has 0 fully saturated rings. The Labute approximate surface area is 120 Å². The van der Waals surface area contributed by atoms with Gasteiger partial charge in [-0.25, -0.2) is 4.98 Å². The molecular formula is C10H14ClN7S. The Kier molecular flexibility index (Phi) is 4.92. The van der Waals surface area contributed by atoms with Crippen molar-refractivity contribution in [3.8, 4) is 5.95 Å². The van der Waals surface area contributed by atoms with Crippen molar-refractivity contribution in [2.24, 2.45) is 0 Å². The third-order valence-electron chi connectivity index (χ3n) is 2.46. The monoisotopic (exact) mass is 299 g/mol. The number of halogens is 1. The van der Waals surface area contributed by atoms with Crippen LogP contribution >= 0.6 is 23.4 Å². The van der Waals surface area contributed by atoms with Crippen molar-refractivity contribution in [2.75, 3.05) is 18.1 Å². The average Bonchev–Trinajstić information content (AvgIpc) is 2.91. The molecule has 1 N–H and O–H groups in total. The summed E-state index contributed by atoms with van der Waals surface area (Å²) in [4.78, 5) is 16.1. The van der Waals surface area contributed by atoms with Gasteiger partial charge in [-0.3, -0.25) is 0 Å². The maximum absolute atomic E-state index is 5.87. The maximum atomic E-state index is 5.87. The van der Waals surface area contributed by atoms with Crippen LogP contribution in [0.15, 0.2) is 12.7 Å². The number of nitrogens with one attached hydrogen (secondary N) is 1. The van der Waals surface area contributed by atoms with Crippen LogP contribution < -0.4 is 5.32 Å². The van der Waals surface area contributed by atoms with Crippen molar-refractivity contribution in [3.05, 3.63) is 17.9 Å². The van der Waals surface area contributed by atoms with Crippen LogP contribution in [0.2, 0.25) is 5.28 Å². The smallest absolute Gasteiger partial charge is 0.258 e. The minimum atomic E-state index is 0.126. The van der Waals surface area contributed by atoms with E-state index in [1.165, 1.54) is 17.3 Å². The second-order valence-electron chi connectivity index (χ2n) is 3.83. The van der Waals surface area contributed by atoms with Crippen LogP contribution in [-0.2, 0) is 0 Å². The van der Waals surface area contributed by atoms with Crippen molar-refractivity contribution in [1.29, 1.82) is 0 Å². The van der Waals surface area contributed by atoms with E-state index in [0.717, 1.165) is 13.0 Å². The molecule has 0 bridgehead atoms. The highest BCUT2D eigenvalue weighted by molar-refractivity contribution is 7.99. The Morgan fingerprint density at radius 3 is 2.95 bits per heavy atom. The van der Waals surface area contributed by atoms with Gasteiger partial charge in [0.25, 0.3) is 5.95 Å². The van der Waals surface area contributed by atoms with E-state index >= 15 is 0 Å². The van der Waals surface area contributed by atoms with Crippen LogP contribution in [0.4, 0.5) is 5.95 Å². The summed E-state index contributed by atoms with van der Waals surface area (Å²) in [5.74, 6) is 0.789. The Balaban J connectivity index is 2.05. The van der Waals surface area contributed by atoms with Gasteiger partial charge in [-0.05, 0) is 24.3 Å². The Morgan fingerprint density at radius 1 is 1.42 bits per heavy atom. The average molecular weight is 300 g/mol. The molecule has 0 spiro atoms. The minimum Gasteiger partial charge on any atom is -0.354 e. The zero-order valence-corrected chi connectivity index (χ0v) is 12.2. The van der Waals surface area contributed by atoms with Gasteiger partial charge in [0.2, 0.25) is 11.2 Å². The first-order valence-electron chi connectivity index (χ1n) is 5.72. The van der Waals surface area contributed by atoms with E-state index in [0.29, 0.717) is 17.1 Å². The van der Waals surface area contributed by atoms with Gasteiger partial charge in [0.1, 0.15) is 12.7 Å². The van der Waals surface area contributed by atoms with Gasteiger partial charge in [0.05, 0.1) is 0 Å². The Bertz CT molecular complexity index is 519. The standard InChI is InChI=1S/C10H14ClN7S/c1-7(19-2)3-4-13-9-15-8(11)16-10(17-9)18-6-12-5-14-18/h5-7H,3-4H2,1-2H3,(H,13,15,16,17). The van der Waals surface area contributed by atoms with Crippen molar-refractivity contribution < 1.29 is 0 Å². The first-order chi connectivity index (χ1) is 9.19. The van der Waals surface area contributed by atoms with Crippen LogP contribution in [0.1, 0.15) is 13.3 Å². The molecule has 2 aromatic heterocycles. The summed E-state index contributed by atoms with van der Waals surface area (Å²) in [6.45, 7) is 2.95. The molecule has 2 rings (SSSR count). The van der Waals surface area contributed by atoms with E-state index in [1.54, 1.807) is 0 Å². The van der Waals surface area contributed by atoms with Crippen LogP contribution in [0, 0.1) is 0 Å². The highest BCUT2D eigenvalue weighted by atomic mass is 35.5. The Morgan fingerprint density at radius 2 is 2.26 bits per heavy atom.